The first-order chi connectivity index (χ1) is 19.9. The zero-order valence-corrected chi connectivity index (χ0v) is 23.9. The summed E-state index contributed by atoms with van der Waals surface area (Å²) < 4.78 is 0. The van der Waals surface area contributed by atoms with E-state index in [2.05, 4.69) is 137 Å². The molecule has 1 heteroatoms. The molecule has 7 aromatic rings. The van der Waals surface area contributed by atoms with Crippen LogP contribution in [0.5, 0.6) is 0 Å². The minimum atomic E-state index is -0.0339. The lowest BCUT2D eigenvalue weighted by atomic mass is 9.81. The number of hydrogen-bond donors (Lipinski definition) is 0. The predicted octanol–water partition coefficient (Wildman–Crippen LogP) is 10.8. The highest BCUT2D eigenvalue weighted by molar-refractivity contribution is 6.19. The van der Waals surface area contributed by atoms with Crippen molar-refractivity contribution in [1.82, 2.24) is 4.98 Å². The predicted molar refractivity (Wildman–Crippen MR) is 175 cm³/mol. The number of pyridine rings is 1. The number of benzene rings is 6. The van der Waals surface area contributed by atoms with Gasteiger partial charge in [0, 0.05) is 22.6 Å². The average Bonchev–Trinajstić information content (AvgIpc) is 3.22. The van der Waals surface area contributed by atoms with Gasteiger partial charge in [-0.25, -0.2) is 0 Å². The molecule has 0 radical (unpaired) electrons. The summed E-state index contributed by atoms with van der Waals surface area (Å²) in [5.74, 6) is 0. The molecule has 0 unspecified atom stereocenters. The van der Waals surface area contributed by atoms with Crippen LogP contribution in [0.2, 0.25) is 0 Å². The highest BCUT2D eigenvalue weighted by Gasteiger charge is 2.35. The van der Waals surface area contributed by atoms with Crippen molar-refractivity contribution >= 4 is 32.3 Å². The third kappa shape index (κ3) is 3.45. The molecule has 41 heavy (non-hydrogen) atoms. The van der Waals surface area contributed by atoms with Crippen LogP contribution in [0.1, 0.15) is 36.1 Å². The molecule has 0 spiro atoms. The molecule has 1 aromatic heterocycles. The number of fused-ring (bicyclic) bond motifs is 8. The molecule has 0 bridgehead atoms. The third-order valence-electron chi connectivity index (χ3n) is 9.39. The number of aromatic nitrogens is 1. The number of nitrogens with zero attached hydrogens (tertiary/aromatic N) is 1. The Morgan fingerprint density at radius 2 is 1.17 bits per heavy atom. The van der Waals surface area contributed by atoms with E-state index < -0.39 is 0 Å². The standard InChI is InChI=1S/C40H31N/c1-24-8-7-9-25(2)38(24)27-13-15-29-26(22-27)12-16-31-30(29)18-19-35-32(31)20-21-41-39(35)28-14-17-34-33-10-5-6-11-36(33)40(3,4)37(34)23-28/h5-23H,1-4H3. The van der Waals surface area contributed by atoms with Gasteiger partial charge in [0.1, 0.15) is 0 Å². The van der Waals surface area contributed by atoms with E-state index in [0.717, 1.165) is 5.69 Å². The first kappa shape index (κ1) is 24.1. The van der Waals surface area contributed by atoms with E-state index >= 15 is 0 Å². The van der Waals surface area contributed by atoms with E-state index in [1.807, 2.05) is 6.20 Å². The van der Waals surface area contributed by atoms with Crippen molar-refractivity contribution in [3.8, 4) is 33.5 Å². The zero-order chi connectivity index (χ0) is 27.9. The highest BCUT2D eigenvalue weighted by atomic mass is 14.7. The van der Waals surface area contributed by atoms with Crippen LogP contribution in [0, 0.1) is 13.8 Å². The molecular weight excluding hydrogens is 494 g/mol. The van der Waals surface area contributed by atoms with Crippen molar-refractivity contribution in [2.45, 2.75) is 33.1 Å². The van der Waals surface area contributed by atoms with E-state index in [0.29, 0.717) is 0 Å². The molecule has 0 atom stereocenters. The minimum absolute atomic E-state index is 0.0339. The summed E-state index contributed by atoms with van der Waals surface area (Å²) in [5.41, 5.74) is 12.9. The molecule has 0 N–H and O–H groups in total. The number of hydrogen-bond acceptors (Lipinski definition) is 1. The molecule has 196 valence electrons. The van der Waals surface area contributed by atoms with Crippen molar-refractivity contribution in [3.05, 3.63) is 138 Å². The molecule has 1 heterocycles. The Balaban J connectivity index is 1.29. The Kier molecular flexibility index (Phi) is 5.06. The van der Waals surface area contributed by atoms with Crippen LogP contribution in [0.3, 0.4) is 0 Å². The van der Waals surface area contributed by atoms with Crippen molar-refractivity contribution in [2.75, 3.05) is 0 Å². The second-order valence-electron chi connectivity index (χ2n) is 12.1. The average molecular weight is 526 g/mol. The van der Waals surface area contributed by atoms with Crippen molar-refractivity contribution in [2.24, 2.45) is 0 Å². The van der Waals surface area contributed by atoms with Gasteiger partial charge >= 0.3 is 0 Å². The first-order valence-electron chi connectivity index (χ1n) is 14.5. The maximum atomic E-state index is 4.93. The van der Waals surface area contributed by atoms with Crippen LogP contribution in [0.25, 0.3) is 65.8 Å². The molecule has 6 aromatic carbocycles. The van der Waals surface area contributed by atoms with Gasteiger partial charge in [-0.2, -0.15) is 0 Å². The lowest BCUT2D eigenvalue weighted by Crippen LogP contribution is -2.14. The molecule has 0 saturated heterocycles. The highest BCUT2D eigenvalue weighted by Crippen LogP contribution is 2.49. The Labute approximate surface area is 241 Å². The van der Waals surface area contributed by atoms with Crippen LogP contribution < -0.4 is 0 Å². The van der Waals surface area contributed by atoms with Gasteiger partial charge in [0.15, 0.2) is 0 Å². The SMILES string of the molecule is Cc1cccc(C)c1-c1ccc2c(ccc3c4ccnc(-c5ccc6c(c5)C(C)(C)c5ccccc5-6)c4ccc23)c1. The molecule has 0 saturated carbocycles. The van der Waals surface area contributed by atoms with Gasteiger partial charge in [-0.3, -0.25) is 4.98 Å². The molecule has 1 aliphatic carbocycles. The van der Waals surface area contributed by atoms with Crippen molar-refractivity contribution in [1.29, 1.82) is 0 Å². The molecule has 0 amide bonds. The zero-order valence-electron chi connectivity index (χ0n) is 23.9. The summed E-state index contributed by atoms with van der Waals surface area (Å²) in [6, 6.07) is 40.5. The maximum absolute atomic E-state index is 4.93. The van der Waals surface area contributed by atoms with Gasteiger partial charge in [0.25, 0.3) is 0 Å². The van der Waals surface area contributed by atoms with Gasteiger partial charge in [-0.05, 0) is 103 Å². The Morgan fingerprint density at radius 3 is 2.02 bits per heavy atom. The largest absolute Gasteiger partial charge is 0.256 e. The lowest BCUT2D eigenvalue weighted by Gasteiger charge is -2.22. The molecule has 0 aliphatic heterocycles. The monoisotopic (exact) mass is 525 g/mol. The summed E-state index contributed by atoms with van der Waals surface area (Å²) in [7, 11) is 0. The fraction of sp³-hybridized carbons (Fsp3) is 0.125. The fourth-order valence-corrected chi connectivity index (χ4v) is 7.32. The maximum Gasteiger partial charge on any atom is 0.0780 e. The summed E-state index contributed by atoms with van der Waals surface area (Å²) in [6.45, 7) is 9.07. The summed E-state index contributed by atoms with van der Waals surface area (Å²) in [5, 5.41) is 7.55. The molecular formula is C40H31N. The second kappa shape index (κ2) is 8.62. The molecule has 1 aliphatic rings. The van der Waals surface area contributed by atoms with Crippen molar-refractivity contribution in [3.63, 3.8) is 0 Å². The van der Waals surface area contributed by atoms with E-state index in [4.69, 9.17) is 4.98 Å². The molecule has 1 nitrogen and oxygen atoms in total. The van der Waals surface area contributed by atoms with Gasteiger partial charge in [0.05, 0.1) is 5.69 Å². The van der Waals surface area contributed by atoms with Crippen LogP contribution in [0.15, 0.2) is 115 Å². The quantitative estimate of drug-likeness (QED) is 0.205. The van der Waals surface area contributed by atoms with E-state index in [1.165, 1.54) is 82.4 Å². The van der Waals surface area contributed by atoms with Gasteiger partial charge in [-0.1, -0.05) is 105 Å². The normalized spacial score (nSPS) is 13.6. The smallest absolute Gasteiger partial charge is 0.0780 e. The lowest BCUT2D eigenvalue weighted by molar-refractivity contribution is 0.660. The second-order valence-corrected chi connectivity index (χ2v) is 12.1. The molecule has 8 rings (SSSR count). The summed E-state index contributed by atoms with van der Waals surface area (Å²) >= 11 is 0. The van der Waals surface area contributed by atoms with Crippen LogP contribution >= 0.6 is 0 Å². The topological polar surface area (TPSA) is 12.9 Å². The van der Waals surface area contributed by atoms with E-state index in [9.17, 15) is 0 Å². The number of rotatable bonds is 2. The molecule has 0 fully saturated rings. The van der Waals surface area contributed by atoms with Gasteiger partial charge in [0.2, 0.25) is 0 Å². The summed E-state index contributed by atoms with van der Waals surface area (Å²) in [6.07, 6.45) is 1.97. The Hall–Kier alpha value is -4.75. The van der Waals surface area contributed by atoms with Crippen LogP contribution in [-0.2, 0) is 5.41 Å². The Morgan fingerprint density at radius 1 is 0.512 bits per heavy atom. The third-order valence-corrected chi connectivity index (χ3v) is 9.39. The summed E-state index contributed by atoms with van der Waals surface area (Å²) in [4.78, 5) is 4.93. The van der Waals surface area contributed by atoms with Crippen LogP contribution in [0.4, 0.5) is 0 Å². The van der Waals surface area contributed by atoms with Crippen LogP contribution in [-0.4, -0.2) is 4.98 Å². The minimum Gasteiger partial charge on any atom is -0.256 e. The van der Waals surface area contributed by atoms with Crippen molar-refractivity contribution < 1.29 is 0 Å². The van der Waals surface area contributed by atoms with Gasteiger partial charge in [-0.15, -0.1) is 0 Å². The van der Waals surface area contributed by atoms with E-state index in [-0.39, 0.29) is 5.41 Å². The number of aryl methyl sites for hydroxylation is 2. The fourth-order valence-electron chi connectivity index (χ4n) is 7.32. The van der Waals surface area contributed by atoms with Gasteiger partial charge < -0.3 is 0 Å². The first-order valence-corrected chi connectivity index (χ1v) is 14.5. The Bertz CT molecular complexity index is 2180. The van der Waals surface area contributed by atoms with E-state index in [1.54, 1.807) is 0 Å².